The van der Waals surface area contributed by atoms with Crippen LogP contribution in [-0.2, 0) is 11.3 Å². The summed E-state index contributed by atoms with van der Waals surface area (Å²) < 4.78 is 5.80. The highest BCUT2D eigenvalue weighted by Gasteiger charge is 2.29. The number of carbonyl (C=O) groups excluding carboxylic acids is 1. The number of hydrogen-bond donors (Lipinski definition) is 1. The summed E-state index contributed by atoms with van der Waals surface area (Å²) in [5.74, 6) is -0.0342. The monoisotopic (exact) mass is 411 g/mol. The quantitative estimate of drug-likeness (QED) is 0.755. The second kappa shape index (κ2) is 9.89. The summed E-state index contributed by atoms with van der Waals surface area (Å²) in [7, 11) is 3.71. The molecule has 162 valence electrons. The first kappa shape index (κ1) is 22.0. The molecule has 0 aliphatic carbocycles. The normalized spacial score (nSPS) is 16.2. The van der Waals surface area contributed by atoms with Crippen molar-refractivity contribution in [1.29, 1.82) is 0 Å². The number of nitrogens with one attached hydrogen (secondary N) is 1. The highest BCUT2D eigenvalue weighted by Crippen LogP contribution is 2.21. The molecular formula is C23H33N5O2. The van der Waals surface area contributed by atoms with Gasteiger partial charge in [-0.25, -0.2) is 0 Å². The first-order valence-electron chi connectivity index (χ1n) is 10.6. The van der Waals surface area contributed by atoms with Gasteiger partial charge in [0.25, 0.3) is 5.91 Å². The number of anilines is 1. The SMILES string of the molecule is CNc1c(C)nc(OC(C)C(=O)N(C)C2CCN(Cc3ccccc3)CC2)nc1C. The molecular weight excluding hydrogens is 378 g/mol. The maximum atomic E-state index is 12.9. The number of piperidine rings is 1. The van der Waals surface area contributed by atoms with E-state index in [1.165, 1.54) is 5.56 Å². The number of ether oxygens (including phenoxy) is 1. The Morgan fingerprint density at radius 3 is 2.37 bits per heavy atom. The first-order valence-corrected chi connectivity index (χ1v) is 10.6. The summed E-state index contributed by atoms with van der Waals surface area (Å²) in [6, 6.07) is 11.0. The van der Waals surface area contributed by atoms with Gasteiger partial charge in [-0.2, -0.15) is 9.97 Å². The molecule has 0 bridgehead atoms. The van der Waals surface area contributed by atoms with E-state index in [1.807, 2.05) is 38.9 Å². The summed E-state index contributed by atoms with van der Waals surface area (Å²) >= 11 is 0. The summed E-state index contributed by atoms with van der Waals surface area (Å²) in [5.41, 5.74) is 3.83. The van der Waals surface area contributed by atoms with Crippen molar-refractivity contribution in [2.75, 3.05) is 32.5 Å². The highest BCUT2D eigenvalue weighted by molar-refractivity contribution is 5.80. The molecule has 0 spiro atoms. The summed E-state index contributed by atoms with van der Waals surface area (Å²) in [4.78, 5) is 26.0. The van der Waals surface area contributed by atoms with E-state index < -0.39 is 6.10 Å². The van der Waals surface area contributed by atoms with Crippen molar-refractivity contribution in [2.45, 2.75) is 52.3 Å². The van der Waals surface area contributed by atoms with Crippen molar-refractivity contribution in [3.63, 3.8) is 0 Å². The van der Waals surface area contributed by atoms with Crippen LogP contribution in [0.3, 0.4) is 0 Å². The zero-order chi connectivity index (χ0) is 21.7. The third-order valence-corrected chi connectivity index (χ3v) is 5.83. The van der Waals surface area contributed by atoms with E-state index in [-0.39, 0.29) is 18.0 Å². The molecule has 0 saturated carbocycles. The van der Waals surface area contributed by atoms with Crippen LogP contribution in [0.5, 0.6) is 6.01 Å². The lowest BCUT2D eigenvalue weighted by molar-refractivity contribution is -0.139. The van der Waals surface area contributed by atoms with E-state index >= 15 is 0 Å². The van der Waals surface area contributed by atoms with E-state index in [2.05, 4.69) is 44.5 Å². The van der Waals surface area contributed by atoms with E-state index in [9.17, 15) is 4.79 Å². The summed E-state index contributed by atoms with van der Waals surface area (Å²) in [6.45, 7) is 8.50. The molecule has 0 radical (unpaired) electrons. The van der Waals surface area contributed by atoms with Gasteiger partial charge in [0.2, 0.25) is 0 Å². The number of likely N-dealkylation sites (N-methyl/N-ethyl adjacent to an activating group) is 1. The van der Waals surface area contributed by atoms with Crippen LogP contribution in [0.4, 0.5) is 5.69 Å². The Hall–Kier alpha value is -2.67. The molecule has 1 atom stereocenters. The van der Waals surface area contributed by atoms with Crippen molar-refractivity contribution >= 4 is 11.6 Å². The number of carbonyl (C=O) groups is 1. The topological polar surface area (TPSA) is 70.6 Å². The molecule has 1 unspecified atom stereocenters. The minimum atomic E-state index is -0.628. The summed E-state index contributed by atoms with van der Waals surface area (Å²) in [6.07, 6.45) is 1.30. The molecule has 1 aromatic heterocycles. The van der Waals surface area contributed by atoms with Crippen LogP contribution >= 0.6 is 0 Å². The second-order valence-electron chi connectivity index (χ2n) is 8.00. The fourth-order valence-electron chi connectivity index (χ4n) is 4.08. The Bertz CT molecular complexity index is 827. The fraction of sp³-hybridized carbons (Fsp3) is 0.522. The standard InChI is InChI=1S/C23H33N5O2/c1-16-21(24-4)17(2)26-23(25-16)30-18(3)22(29)27(5)20-11-13-28(14-12-20)15-19-9-7-6-8-10-19/h6-10,18,20,24H,11-15H2,1-5H3. The number of aromatic nitrogens is 2. The van der Waals surface area contributed by atoms with Gasteiger partial charge < -0.3 is 15.0 Å². The third kappa shape index (κ3) is 5.27. The van der Waals surface area contributed by atoms with E-state index in [4.69, 9.17) is 4.74 Å². The zero-order valence-corrected chi connectivity index (χ0v) is 18.7. The average molecular weight is 412 g/mol. The molecule has 1 aliphatic rings. The van der Waals surface area contributed by atoms with Gasteiger partial charge in [0.1, 0.15) is 0 Å². The van der Waals surface area contributed by atoms with Gasteiger partial charge in [0, 0.05) is 39.8 Å². The van der Waals surface area contributed by atoms with Gasteiger partial charge in [-0.05, 0) is 39.2 Å². The molecule has 7 heteroatoms. The highest BCUT2D eigenvalue weighted by atomic mass is 16.5. The molecule has 3 rings (SSSR count). The Morgan fingerprint density at radius 1 is 1.20 bits per heavy atom. The molecule has 30 heavy (non-hydrogen) atoms. The van der Waals surface area contributed by atoms with Gasteiger partial charge in [0.15, 0.2) is 6.10 Å². The molecule has 1 aliphatic heterocycles. The predicted octanol–water partition coefficient (Wildman–Crippen LogP) is 3.03. The van der Waals surface area contributed by atoms with Crippen LogP contribution in [-0.4, -0.2) is 65.0 Å². The van der Waals surface area contributed by atoms with Crippen LogP contribution in [0.1, 0.15) is 36.7 Å². The van der Waals surface area contributed by atoms with Crippen molar-refractivity contribution in [1.82, 2.24) is 19.8 Å². The van der Waals surface area contributed by atoms with Crippen molar-refractivity contribution in [3.8, 4) is 6.01 Å². The van der Waals surface area contributed by atoms with E-state index in [0.717, 1.165) is 49.6 Å². The smallest absolute Gasteiger partial charge is 0.317 e. The van der Waals surface area contributed by atoms with Crippen LogP contribution in [0.2, 0.25) is 0 Å². The molecule has 1 amide bonds. The molecule has 2 aromatic rings. The molecule has 1 saturated heterocycles. The number of nitrogens with zero attached hydrogens (tertiary/aromatic N) is 4. The van der Waals surface area contributed by atoms with Gasteiger partial charge in [-0.1, -0.05) is 30.3 Å². The number of likely N-dealkylation sites (tertiary alicyclic amines) is 1. The number of aryl methyl sites for hydroxylation is 2. The first-order chi connectivity index (χ1) is 14.4. The minimum absolute atomic E-state index is 0.0342. The number of hydrogen-bond acceptors (Lipinski definition) is 6. The van der Waals surface area contributed by atoms with Gasteiger partial charge in [0.05, 0.1) is 17.1 Å². The van der Waals surface area contributed by atoms with Crippen molar-refractivity contribution in [2.24, 2.45) is 0 Å². The van der Waals surface area contributed by atoms with Crippen LogP contribution in [0.25, 0.3) is 0 Å². The number of amides is 1. The Labute approximate surface area is 179 Å². The number of rotatable bonds is 7. The maximum absolute atomic E-state index is 12.9. The van der Waals surface area contributed by atoms with Crippen LogP contribution in [0, 0.1) is 13.8 Å². The lowest BCUT2D eigenvalue weighted by Gasteiger charge is -2.37. The van der Waals surface area contributed by atoms with Crippen LogP contribution in [0.15, 0.2) is 30.3 Å². The van der Waals surface area contributed by atoms with Crippen LogP contribution < -0.4 is 10.1 Å². The van der Waals surface area contributed by atoms with Gasteiger partial charge in [-0.3, -0.25) is 9.69 Å². The fourth-order valence-corrected chi connectivity index (χ4v) is 4.08. The predicted molar refractivity (Wildman–Crippen MR) is 119 cm³/mol. The summed E-state index contributed by atoms with van der Waals surface area (Å²) in [5, 5.41) is 3.09. The van der Waals surface area contributed by atoms with Gasteiger partial charge in [-0.15, -0.1) is 0 Å². The third-order valence-electron chi connectivity index (χ3n) is 5.83. The zero-order valence-electron chi connectivity index (χ0n) is 18.7. The molecule has 7 nitrogen and oxygen atoms in total. The lowest BCUT2D eigenvalue weighted by atomic mass is 10.0. The molecule has 1 N–H and O–H groups in total. The van der Waals surface area contributed by atoms with Gasteiger partial charge >= 0.3 is 6.01 Å². The van der Waals surface area contributed by atoms with Crippen molar-refractivity contribution in [3.05, 3.63) is 47.3 Å². The van der Waals surface area contributed by atoms with E-state index in [1.54, 1.807) is 6.92 Å². The maximum Gasteiger partial charge on any atom is 0.317 e. The lowest BCUT2D eigenvalue weighted by Crippen LogP contribution is -2.48. The largest absolute Gasteiger partial charge is 0.450 e. The second-order valence-corrected chi connectivity index (χ2v) is 8.00. The average Bonchev–Trinajstić information content (AvgIpc) is 2.74. The Kier molecular flexibility index (Phi) is 7.26. The molecule has 2 heterocycles. The number of benzene rings is 1. The van der Waals surface area contributed by atoms with E-state index in [0.29, 0.717) is 0 Å². The Balaban J connectivity index is 1.53. The molecule has 1 aromatic carbocycles. The van der Waals surface area contributed by atoms with Crippen molar-refractivity contribution < 1.29 is 9.53 Å². The Morgan fingerprint density at radius 2 is 1.80 bits per heavy atom. The minimum Gasteiger partial charge on any atom is -0.450 e. The molecule has 1 fully saturated rings.